The summed E-state index contributed by atoms with van der Waals surface area (Å²) in [5.74, 6) is 0.0128. The van der Waals surface area contributed by atoms with Crippen molar-refractivity contribution in [1.29, 1.82) is 0 Å². The second kappa shape index (κ2) is 8.91. The molecule has 1 N–H and O–H groups in total. The van der Waals surface area contributed by atoms with Gasteiger partial charge in [0.05, 0.1) is 12.3 Å². The first-order chi connectivity index (χ1) is 11.2. The highest BCUT2D eigenvalue weighted by Gasteiger charge is 2.29. The number of ether oxygens (including phenoxy) is 1. The molecule has 1 aliphatic rings. The van der Waals surface area contributed by atoms with Crippen LogP contribution in [0.1, 0.15) is 39.5 Å². The molecular formula is C17H24BrN3O2. The third-order valence-electron chi connectivity index (χ3n) is 3.96. The number of anilines is 1. The molecule has 0 spiro atoms. The van der Waals surface area contributed by atoms with Crippen LogP contribution in [0, 0.1) is 0 Å². The zero-order chi connectivity index (χ0) is 16.7. The summed E-state index contributed by atoms with van der Waals surface area (Å²) < 4.78 is 6.20. The summed E-state index contributed by atoms with van der Waals surface area (Å²) in [5.41, 5.74) is 3.81. The molecule has 6 heteroatoms. The zero-order valence-electron chi connectivity index (χ0n) is 13.7. The van der Waals surface area contributed by atoms with Crippen LogP contribution < -0.4 is 5.43 Å². The molecule has 0 aromatic heterocycles. The Kier molecular flexibility index (Phi) is 6.89. The molecule has 1 saturated heterocycles. The highest BCUT2D eigenvalue weighted by molar-refractivity contribution is 9.10. The molecule has 1 aromatic carbocycles. The van der Waals surface area contributed by atoms with Crippen LogP contribution in [0.5, 0.6) is 0 Å². The summed E-state index contributed by atoms with van der Waals surface area (Å²) in [5, 5.41) is 4.37. The Morgan fingerprint density at radius 3 is 2.74 bits per heavy atom. The Labute approximate surface area is 146 Å². The van der Waals surface area contributed by atoms with Crippen molar-refractivity contribution in [3.8, 4) is 0 Å². The molecule has 0 bridgehead atoms. The van der Waals surface area contributed by atoms with Crippen LogP contribution in [0.3, 0.4) is 0 Å². The third-order valence-corrected chi connectivity index (χ3v) is 4.49. The molecule has 23 heavy (non-hydrogen) atoms. The molecule has 5 nitrogen and oxygen atoms in total. The van der Waals surface area contributed by atoms with Crippen molar-refractivity contribution in [3.63, 3.8) is 0 Å². The van der Waals surface area contributed by atoms with Crippen LogP contribution in [0.15, 0.2) is 33.8 Å². The molecule has 1 atom stereocenters. The zero-order valence-corrected chi connectivity index (χ0v) is 15.3. The smallest absolute Gasteiger partial charge is 0.376 e. The number of halogens is 1. The van der Waals surface area contributed by atoms with Crippen LogP contribution >= 0.6 is 15.9 Å². The number of carbonyl (C=O) groups excluding carboxylic acids is 1. The van der Waals surface area contributed by atoms with Crippen molar-refractivity contribution in [1.82, 2.24) is 4.90 Å². The maximum absolute atomic E-state index is 12.3. The Morgan fingerprint density at radius 1 is 1.35 bits per heavy atom. The number of nitrogens with one attached hydrogen (secondary N) is 1. The van der Waals surface area contributed by atoms with Crippen LogP contribution in [-0.2, 0) is 9.53 Å². The highest BCUT2D eigenvalue weighted by Crippen LogP contribution is 2.21. The van der Waals surface area contributed by atoms with E-state index in [9.17, 15) is 4.79 Å². The number of rotatable bonds is 4. The lowest BCUT2D eigenvalue weighted by Gasteiger charge is -2.36. The van der Waals surface area contributed by atoms with E-state index in [2.05, 4.69) is 38.3 Å². The molecule has 1 fully saturated rings. The summed E-state index contributed by atoms with van der Waals surface area (Å²) in [6, 6.07) is 8.02. The van der Waals surface area contributed by atoms with Gasteiger partial charge in [-0.1, -0.05) is 22.9 Å². The Hall–Kier alpha value is -1.56. The van der Waals surface area contributed by atoms with Crippen LogP contribution in [0.2, 0.25) is 0 Å². The highest BCUT2D eigenvalue weighted by atomic mass is 79.9. The quantitative estimate of drug-likeness (QED) is 0.370. The van der Waals surface area contributed by atoms with Crippen LogP contribution in [0.25, 0.3) is 0 Å². The molecule has 1 aromatic rings. The number of esters is 1. The molecule has 0 amide bonds. The van der Waals surface area contributed by atoms with Gasteiger partial charge in [-0.05, 0) is 56.9 Å². The van der Waals surface area contributed by atoms with E-state index in [-0.39, 0.29) is 5.97 Å². The van der Waals surface area contributed by atoms with E-state index in [1.807, 2.05) is 31.2 Å². The minimum atomic E-state index is -0.363. The monoisotopic (exact) mass is 381 g/mol. The molecule has 2 rings (SSSR count). The summed E-state index contributed by atoms with van der Waals surface area (Å²) in [6.07, 6.45) is 4.36. The molecule has 1 heterocycles. The number of likely N-dealkylation sites (tertiary alicyclic amines) is 1. The van der Waals surface area contributed by atoms with Gasteiger partial charge in [-0.2, -0.15) is 0 Å². The maximum atomic E-state index is 12.3. The van der Waals surface area contributed by atoms with Crippen molar-refractivity contribution in [3.05, 3.63) is 28.7 Å². The summed E-state index contributed by atoms with van der Waals surface area (Å²) in [4.78, 5) is 14.4. The van der Waals surface area contributed by atoms with Gasteiger partial charge >= 0.3 is 5.97 Å². The van der Waals surface area contributed by atoms with Gasteiger partial charge in [-0.15, -0.1) is 5.10 Å². The van der Waals surface area contributed by atoms with Crippen molar-refractivity contribution < 1.29 is 9.53 Å². The molecule has 0 unspecified atom stereocenters. The molecule has 0 saturated carbocycles. The van der Waals surface area contributed by atoms with Crippen molar-refractivity contribution in [2.45, 2.75) is 45.6 Å². The van der Waals surface area contributed by atoms with E-state index in [0.717, 1.165) is 36.0 Å². The van der Waals surface area contributed by atoms with E-state index in [1.165, 1.54) is 6.42 Å². The number of hydrogen-bond acceptors (Lipinski definition) is 4. The predicted molar refractivity (Wildman–Crippen MR) is 96.5 cm³/mol. The van der Waals surface area contributed by atoms with Gasteiger partial charge in [0, 0.05) is 17.1 Å². The Balaban J connectivity index is 2.20. The number of hydrogen-bond donors (Lipinski definition) is 1. The second-order valence-corrected chi connectivity index (χ2v) is 6.44. The number of nitrogens with zero attached hydrogens (tertiary/aromatic N) is 2. The molecule has 1 aliphatic heterocycles. The fourth-order valence-electron chi connectivity index (χ4n) is 2.77. The Bertz CT molecular complexity index is 545. The van der Waals surface area contributed by atoms with E-state index in [4.69, 9.17) is 4.74 Å². The second-order valence-electron chi connectivity index (χ2n) is 5.53. The number of piperidine rings is 1. The number of hydrazone groups is 1. The lowest BCUT2D eigenvalue weighted by atomic mass is 10.00. The molecular weight excluding hydrogens is 358 g/mol. The average molecular weight is 382 g/mol. The maximum Gasteiger partial charge on any atom is 0.376 e. The van der Waals surface area contributed by atoms with Gasteiger partial charge in [0.2, 0.25) is 5.84 Å². The normalized spacial score (nSPS) is 18.7. The van der Waals surface area contributed by atoms with Crippen LogP contribution in [0.4, 0.5) is 5.69 Å². The lowest BCUT2D eigenvalue weighted by Crippen LogP contribution is -2.47. The minimum Gasteiger partial charge on any atom is -0.460 e. The molecule has 0 aliphatic carbocycles. The summed E-state index contributed by atoms with van der Waals surface area (Å²) in [7, 11) is 0. The first-order valence-corrected chi connectivity index (χ1v) is 8.98. The summed E-state index contributed by atoms with van der Waals surface area (Å²) in [6.45, 7) is 5.15. The van der Waals surface area contributed by atoms with Gasteiger partial charge in [0.25, 0.3) is 0 Å². The molecule has 0 radical (unpaired) electrons. The van der Waals surface area contributed by atoms with E-state index in [0.29, 0.717) is 18.5 Å². The minimum absolute atomic E-state index is 0.346. The van der Waals surface area contributed by atoms with Crippen LogP contribution in [-0.4, -0.2) is 35.9 Å². The first kappa shape index (κ1) is 17.8. The summed E-state index contributed by atoms with van der Waals surface area (Å²) >= 11 is 3.40. The number of amidine groups is 1. The van der Waals surface area contributed by atoms with Crippen molar-refractivity contribution >= 4 is 33.4 Å². The predicted octanol–water partition coefficient (Wildman–Crippen LogP) is 4.00. The standard InChI is InChI=1S/C17H24BrN3O2/c1-3-15-7-5-6-12-21(15)16(17(22)23-4-2)20-19-14-10-8-13(18)9-11-14/h8-11,15,19H,3-7,12H2,1-2H3/b20-16-/t15-/m0/s1. The van der Waals surface area contributed by atoms with Gasteiger partial charge in [0.1, 0.15) is 0 Å². The van der Waals surface area contributed by atoms with Gasteiger partial charge in [-0.3, -0.25) is 5.43 Å². The lowest BCUT2D eigenvalue weighted by molar-refractivity contribution is -0.136. The van der Waals surface area contributed by atoms with Gasteiger partial charge < -0.3 is 9.64 Å². The fourth-order valence-corrected chi connectivity index (χ4v) is 3.03. The van der Waals surface area contributed by atoms with Crippen molar-refractivity contribution in [2.24, 2.45) is 5.10 Å². The number of benzene rings is 1. The Morgan fingerprint density at radius 2 is 2.09 bits per heavy atom. The van der Waals surface area contributed by atoms with Gasteiger partial charge in [-0.25, -0.2) is 4.79 Å². The van der Waals surface area contributed by atoms with Crippen molar-refractivity contribution in [2.75, 3.05) is 18.6 Å². The van der Waals surface area contributed by atoms with E-state index in [1.54, 1.807) is 0 Å². The first-order valence-electron chi connectivity index (χ1n) is 8.18. The topological polar surface area (TPSA) is 53.9 Å². The van der Waals surface area contributed by atoms with Gasteiger partial charge in [0.15, 0.2) is 0 Å². The molecule has 126 valence electrons. The number of carbonyl (C=O) groups is 1. The average Bonchev–Trinajstić information content (AvgIpc) is 2.57. The SMILES string of the molecule is CCOC(=O)/C(=N/Nc1ccc(Br)cc1)N1CCCC[C@@H]1CC. The fraction of sp³-hybridized carbons (Fsp3) is 0.529. The van der Waals surface area contributed by atoms with E-state index < -0.39 is 0 Å². The van der Waals surface area contributed by atoms with E-state index >= 15 is 0 Å². The third kappa shape index (κ3) is 4.96. The largest absolute Gasteiger partial charge is 0.460 e.